The number of likely N-dealkylation sites (N-methyl/N-ethyl adjacent to an activating group) is 1. The lowest BCUT2D eigenvalue weighted by Crippen LogP contribution is -2.47. The predicted octanol–water partition coefficient (Wildman–Crippen LogP) is 1.85. The molecule has 3 rings (SSSR count). The van der Waals surface area contributed by atoms with Gasteiger partial charge in [0.2, 0.25) is 0 Å². The maximum Gasteiger partial charge on any atom is 0.151 e. The number of nitrogens with zero attached hydrogens (tertiary/aromatic N) is 6. The third-order valence-corrected chi connectivity index (χ3v) is 4.06. The normalized spacial score (nSPS) is 17.8. The van der Waals surface area contributed by atoms with Gasteiger partial charge in [-0.3, -0.25) is 0 Å². The molecule has 3 heterocycles. The number of aromatic nitrogens is 3. The van der Waals surface area contributed by atoms with Gasteiger partial charge in [0, 0.05) is 38.6 Å². The summed E-state index contributed by atoms with van der Waals surface area (Å²) < 4.78 is 0. The number of anilines is 2. The summed E-state index contributed by atoms with van der Waals surface area (Å²) in [6, 6.07) is 9.97. The van der Waals surface area contributed by atoms with Crippen molar-refractivity contribution in [3.8, 4) is 6.07 Å². The Morgan fingerprint density at radius 1 is 1.36 bits per heavy atom. The molecule has 1 unspecified atom stereocenters. The molecule has 0 bridgehead atoms. The first kappa shape index (κ1) is 14.3. The molecule has 6 nitrogen and oxygen atoms in total. The van der Waals surface area contributed by atoms with Crippen LogP contribution in [0.1, 0.15) is 18.4 Å². The topological polar surface area (TPSA) is 68.9 Å². The summed E-state index contributed by atoms with van der Waals surface area (Å²) in [5.74, 6) is 1.75. The second-order valence-corrected chi connectivity index (χ2v) is 5.45. The number of rotatable bonds is 3. The summed E-state index contributed by atoms with van der Waals surface area (Å²) in [6.45, 7) is 1.88. The van der Waals surface area contributed by atoms with Gasteiger partial charge in [0.15, 0.2) is 5.82 Å². The fourth-order valence-electron chi connectivity index (χ4n) is 2.81. The van der Waals surface area contributed by atoms with Crippen LogP contribution in [0.25, 0.3) is 0 Å². The Morgan fingerprint density at radius 2 is 2.27 bits per heavy atom. The fourth-order valence-corrected chi connectivity index (χ4v) is 2.81. The third kappa shape index (κ3) is 2.98. The van der Waals surface area contributed by atoms with Crippen molar-refractivity contribution < 1.29 is 0 Å². The molecule has 1 saturated heterocycles. The summed E-state index contributed by atoms with van der Waals surface area (Å²) >= 11 is 0. The molecule has 6 heteroatoms. The van der Waals surface area contributed by atoms with Crippen molar-refractivity contribution >= 4 is 11.6 Å². The Morgan fingerprint density at radius 3 is 3.05 bits per heavy atom. The van der Waals surface area contributed by atoms with Crippen LogP contribution in [0.3, 0.4) is 0 Å². The maximum absolute atomic E-state index is 9.03. The van der Waals surface area contributed by atoms with Crippen LogP contribution in [-0.4, -0.2) is 41.4 Å². The van der Waals surface area contributed by atoms with Gasteiger partial charge in [-0.25, -0.2) is 4.98 Å². The molecule has 1 atom stereocenters. The zero-order valence-corrected chi connectivity index (χ0v) is 12.6. The molecule has 0 N–H and O–H groups in total. The van der Waals surface area contributed by atoms with E-state index in [1.54, 1.807) is 18.5 Å². The highest BCUT2D eigenvalue weighted by molar-refractivity contribution is 5.46. The van der Waals surface area contributed by atoms with E-state index in [-0.39, 0.29) is 0 Å². The number of nitriles is 1. The van der Waals surface area contributed by atoms with E-state index >= 15 is 0 Å². The van der Waals surface area contributed by atoms with E-state index in [0.29, 0.717) is 11.6 Å². The van der Waals surface area contributed by atoms with E-state index in [2.05, 4.69) is 31.1 Å². The van der Waals surface area contributed by atoms with Crippen molar-refractivity contribution in [2.24, 2.45) is 0 Å². The van der Waals surface area contributed by atoms with Gasteiger partial charge in [-0.2, -0.15) is 10.4 Å². The molecule has 0 amide bonds. The highest BCUT2D eigenvalue weighted by atomic mass is 15.3. The summed E-state index contributed by atoms with van der Waals surface area (Å²) in [7, 11) is 2.04. The Labute approximate surface area is 130 Å². The SMILES string of the molecule is CN(c1cc(C#N)ccn1)C1CCCN(c2cccnn2)C1. The Bertz CT molecular complexity index is 666. The van der Waals surface area contributed by atoms with Gasteiger partial charge in [0.1, 0.15) is 5.82 Å². The van der Waals surface area contributed by atoms with Crippen molar-refractivity contribution in [3.05, 3.63) is 42.2 Å². The molecule has 22 heavy (non-hydrogen) atoms. The zero-order chi connectivity index (χ0) is 15.4. The van der Waals surface area contributed by atoms with Crippen LogP contribution < -0.4 is 9.80 Å². The van der Waals surface area contributed by atoms with E-state index in [1.165, 1.54) is 0 Å². The van der Waals surface area contributed by atoms with E-state index in [0.717, 1.165) is 37.6 Å². The summed E-state index contributed by atoms with van der Waals surface area (Å²) in [5, 5.41) is 17.2. The monoisotopic (exact) mass is 294 g/mol. The largest absolute Gasteiger partial charge is 0.355 e. The van der Waals surface area contributed by atoms with Gasteiger partial charge < -0.3 is 9.80 Å². The van der Waals surface area contributed by atoms with E-state index in [9.17, 15) is 0 Å². The third-order valence-electron chi connectivity index (χ3n) is 4.06. The smallest absolute Gasteiger partial charge is 0.151 e. The Hall–Kier alpha value is -2.68. The van der Waals surface area contributed by atoms with Gasteiger partial charge in [-0.1, -0.05) is 0 Å². The molecule has 2 aromatic rings. The molecular weight excluding hydrogens is 276 g/mol. The fraction of sp³-hybridized carbons (Fsp3) is 0.375. The van der Waals surface area contributed by atoms with Gasteiger partial charge in [0.25, 0.3) is 0 Å². The van der Waals surface area contributed by atoms with Gasteiger partial charge in [-0.05, 0) is 37.1 Å². The summed E-state index contributed by atoms with van der Waals surface area (Å²) in [4.78, 5) is 8.80. The van der Waals surface area contributed by atoms with E-state index in [1.807, 2.05) is 25.2 Å². The van der Waals surface area contributed by atoms with Gasteiger partial charge in [0.05, 0.1) is 11.6 Å². The standard InChI is InChI=1S/C16H18N6/c1-21(16-10-13(11-17)6-8-18-16)14-4-3-9-22(12-14)15-5-2-7-19-20-15/h2,5-8,10,14H,3-4,9,12H2,1H3. The quantitative estimate of drug-likeness (QED) is 0.860. The van der Waals surface area contributed by atoms with E-state index in [4.69, 9.17) is 5.26 Å². The van der Waals surface area contributed by atoms with Crippen LogP contribution in [0.2, 0.25) is 0 Å². The van der Waals surface area contributed by atoms with Crippen molar-refractivity contribution in [2.75, 3.05) is 29.9 Å². The molecule has 1 fully saturated rings. The average Bonchev–Trinajstić information content (AvgIpc) is 2.62. The number of piperidine rings is 1. The molecule has 112 valence electrons. The second-order valence-electron chi connectivity index (χ2n) is 5.45. The van der Waals surface area contributed by atoms with Crippen LogP contribution in [0.15, 0.2) is 36.7 Å². The molecule has 1 aliphatic heterocycles. The zero-order valence-electron chi connectivity index (χ0n) is 12.6. The van der Waals surface area contributed by atoms with Crippen LogP contribution in [-0.2, 0) is 0 Å². The van der Waals surface area contributed by atoms with Gasteiger partial charge in [-0.15, -0.1) is 5.10 Å². The van der Waals surface area contributed by atoms with Crippen molar-refractivity contribution in [2.45, 2.75) is 18.9 Å². The number of hydrogen-bond donors (Lipinski definition) is 0. The predicted molar refractivity (Wildman–Crippen MR) is 84.6 cm³/mol. The molecular formula is C16H18N6. The first-order valence-corrected chi connectivity index (χ1v) is 7.39. The molecule has 0 radical (unpaired) electrons. The van der Waals surface area contributed by atoms with Crippen molar-refractivity contribution in [1.29, 1.82) is 5.26 Å². The Kier molecular flexibility index (Phi) is 4.15. The second kappa shape index (κ2) is 6.39. The van der Waals surface area contributed by atoms with Crippen molar-refractivity contribution in [3.63, 3.8) is 0 Å². The lowest BCUT2D eigenvalue weighted by molar-refractivity contribution is 0.482. The van der Waals surface area contributed by atoms with Crippen LogP contribution >= 0.6 is 0 Å². The molecule has 0 aromatic carbocycles. The summed E-state index contributed by atoms with van der Waals surface area (Å²) in [6.07, 6.45) is 5.58. The highest BCUT2D eigenvalue weighted by Gasteiger charge is 2.25. The van der Waals surface area contributed by atoms with Crippen LogP contribution in [0.5, 0.6) is 0 Å². The van der Waals surface area contributed by atoms with Crippen molar-refractivity contribution in [1.82, 2.24) is 15.2 Å². The average molecular weight is 294 g/mol. The lowest BCUT2D eigenvalue weighted by Gasteiger charge is -2.38. The molecule has 0 spiro atoms. The number of pyridine rings is 1. The minimum atomic E-state index is 0.345. The first-order valence-electron chi connectivity index (χ1n) is 7.39. The maximum atomic E-state index is 9.03. The lowest BCUT2D eigenvalue weighted by atomic mass is 10.0. The van der Waals surface area contributed by atoms with E-state index < -0.39 is 0 Å². The molecule has 0 saturated carbocycles. The Balaban J connectivity index is 1.75. The summed E-state index contributed by atoms with van der Waals surface area (Å²) in [5.41, 5.74) is 0.637. The van der Waals surface area contributed by atoms with Gasteiger partial charge >= 0.3 is 0 Å². The molecule has 2 aromatic heterocycles. The number of hydrogen-bond acceptors (Lipinski definition) is 6. The minimum absolute atomic E-state index is 0.345. The van der Waals surface area contributed by atoms with Crippen LogP contribution in [0.4, 0.5) is 11.6 Å². The highest BCUT2D eigenvalue weighted by Crippen LogP contribution is 2.23. The van der Waals surface area contributed by atoms with Crippen LogP contribution in [0, 0.1) is 11.3 Å². The molecule has 1 aliphatic rings. The first-order chi connectivity index (χ1) is 10.8. The molecule has 0 aliphatic carbocycles. The minimum Gasteiger partial charge on any atom is -0.355 e.